The Bertz CT molecular complexity index is 360. The number of thioether (sulfide) groups is 1. The number of hydrogen-bond acceptors (Lipinski definition) is 5. The Hall–Kier alpha value is -0.420. The Morgan fingerprint density at radius 1 is 1.47 bits per heavy atom. The number of nitrogens with zero attached hydrogens (tertiary/aromatic N) is 2. The summed E-state index contributed by atoms with van der Waals surface area (Å²) in [6.45, 7) is 8.84. The van der Waals surface area contributed by atoms with Crippen molar-refractivity contribution in [3.63, 3.8) is 0 Å². The monoisotopic (exact) mass is 243 g/mol. The van der Waals surface area contributed by atoms with Crippen molar-refractivity contribution >= 4 is 34.1 Å². The van der Waals surface area contributed by atoms with E-state index in [1.54, 1.807) is 0 Å². The summed E-state index contributed by atoms with van der Waals surface area (Å²) in [6, 6.07) is 0. The third kappa shape index (κ3) is 2.23. The highest BCUT2D eigenvalue weighted by atomic mass is 32.2. The Morgan fingerprint density at radius 3 is 2.73 bits per heavy atom. The molecule has 84 valence electrons. The molecule has 0 unspecified atom stereocenters. The van der Waals surface area contributed by atoms with Gasteiger partial charge >= 0.3 is 0 Å². The standard InChI is InChI=1S/C10H17N3S2/c1-7-8(11)12-15-9(7)13-4-5-14-10(2,3)6-13/h4-6H2,1-3H3,(H2,11,12). The fourth-order valence-corrected chi connectivity index (χ4v) is 3.77. The molecule has 0 amide bonds. The molecule has 1 saturated heterocycles. The summed E-state index contributed by atoms with van der Waals surface area (Å²) >= 11 is 3.57. The van der Waals surface area contributed by atoms with Gasteiger partial charge in [-0.1, -0.05) is 0 Å². The van der Waals surface area contributed by atoms with Gasteiger partial charge in [0.05, 0.1) is 0 Å². The first-order valence-electron chi connectivity index (χ1n) is 5.10. The van der Waals surface area contributed by atoms with Crippen LogP contribution in [0.5, 0.6) is 0 Å². The molecule has 0 spiro atoms. The molecular weight excluding hydrogens is 226 g/mol. The van der Waals surface area contributed by atoms with Crippen LogP contribution in [0, 0.1) is 6.92 Å². The second kappa shape index (κ2) is 3.87. The fraction of sp³-hybridized carbons (Fsp3) is 0.700. The van der Waals surface area contributed by atoms with Crippen molar-refractivity contribution in [1.82, 2.24) is 4.37 Å². The average Bonchev–Trinajstić information content (AvgIpc) is 2.46. The molecule has 0 saturated carbocycles. The first-order valence-corrected chi connectivity index (χ1v) is 6.86. The molecule has 2 rings (SSSR count). The molecule has 3 nitrogen and oxygen atoms in total. The van der Waals surface area contributed by atoms with Gasteiger partial charge in [-0.15, -0.1) is 0 Å². The van der Waals surface area contributed by atoms with Crippen LogP contribution in [-0.2, 0) is 0 Å². The molecule has 1 aromatic rings. The van der Waals surface area contributed by atoms with Crippen LogP contribution in [0.3, 0.4) is 0 Å². The molecule has 0 radical (unpaired) electrons. The zero-order valence-corrected chi connectivity index (χ0v) is 11.0. The summed E-state index contributed by atoms with van der Waals surface area (Å²) in [7, 11) is 0. The summed E-state index contributed by atoms with van der Waals surface area (Å²) < 4.78 is 4.55. The van der Waals surface area contributed by atoms with Gasteiger partial charge in [0.2, 0.25) is 0 Å². The molecule has 15 heavy (non-hydrogen) atoms. The van der Waals surface area contributed by atoms with Gasteiger partial charge < -0.3 is 10.6 Å². The zero-order chi connectivity index (χ0) is 11.1. The highest BCUT2D eigenvalue weighted by Crippen LogP contribution is 2.36. The maximum Gasteiger partial charge on any atom is 0.142 e. The van der Waals surface area contributed by atoms with Crippen LogP contribution < -0.4 is 10.6 Å². The minimum Gasteiger partial charge on any atom is -0.383 e. The molecule has 2 N–H and O–H groups in total. The van der Waals surface area contributed by atoms with Crippen LogP contribution in [0.2, 0.25) is 0 Å². The van der Waals surface area contributed by atoms with Crippen LogP contribution in [0.4, 0.5) is 10.8 Å². The number of anilines is 2. The van der Waals surface area contributed by atoms with Crippen molar-refractivity contribution in [2.45, 2.75) is 25.5 Å². The van der Waals surface area contributed by atoms with Crippen molar-refractivity contribution in [1.29, 1.82) is 0 Å². The van der Waals surface area contributed by atoms with E-state index >= 15 is 0 Å². The van der Waals surface area contributed by atoms with E-state index in [1.165, 1.54) is 22.3 Å². The predicted octanol–water partition coefficient (Wildman–Crippen LogP) is 2.37. The summed E-state index contributed by atoms with van der Waals surface area (Å²) in [5.41, 5.74) is 6.92. The number of nitrogens with two attached hydrogens (primary N) is 1. The zero-order valence-electron chi connectivity index (χ0n) is 9.41. The van der Waals surface area contributed by atoms with Crippen LogP contribution in [0.1, 0.15) is 19.4 Å². The van der Waals surface area contributed by atoms with Gasteiger partial charge in [-0.2, -0.15) is 16.1 Å². The first-order chi connectivity index (χ1) is 6.99. The normalized spacial score (nSPS) is 20.6. The third-order valence-corrected chi connectivity index (χ3v) is 4.97. The van der Waals surface area contributed by atoms with Crippen molar-refractivity contribution in [2.24, 2.45) is 0 Å². The Morgan fingerprint density at radius 2 is 2.20 bits per heavy atom. The van der Waals surface area contributed by atoms with Gasteiger partial charge in [-0.3, -0.25) is 0 Å². The fourth-order valence-electron chi connectivity index (χ4n) is 1.82. The molecule has 0 bridgehead atoms. The molecular formula is C10H17N3S2. The van der Waals surface area contributed by atoms with E-state index in [0.29, 0.717) is 10.6 Å². The van der Waals surface area contributed by atoms with E-state index in [0.717, 1.165) is 18.7 Å². The maximum absolute atomic E-state index is 5.78. The van der Waals surface area contributed by atoms with Crippen LogP contribution in [-0.4, -0.2) is 28.0 Å². The lowest BCUT2D eigenvalue weighted by Gasteiger charge is -2.38. The minimum absolute atomic E-state index is 0.337. The van der Waals surface area contributed by atoms with Gasteiger partial charge in [0.15, 0.2) is 0 Å². The molecule has 1 fully saturated rings. The largest absolute Gasteiger partial charge is 0.383 e. The van der Waals surface area contributed by atoms with E-state index in [1.807, 2.05) is 11.8 Å². The summed E-state index contributed by atoms with van der Waals surface area (Å²) in [6.07, 6.45) is 0. The summed E-state index contributed by atoms with van der Waals surface area (Å²) in [5, 5.41) is 1.25. The third-order valence-electron chi connectivity index (χ3n) is 2.65. The molecule has 1 aliphatic heterocycles. The van der Waals surface area contributed by atoms with Gasteiger partial charge in [0.25, 0.3) is 0 Å². The molecule has 2 heterocycles. The van der Waals surface area contributed by atoms with Crippen LogP contribution in [0.15, 0.2) is 0 Å². The Balaban J connectivity index is 2.21. The molecule has 1 aliphatic rings. The smallest absolute Gasteiger partial charge is 0.142 e. The molecule has 0 atom stereocenters. The lowest BCUT2D eigenvalue weighted by molar-refractivity contribution is 0.650. The van der Waals surface area contributed by atoms with Gasteiger partial charge in [0, 0.05) is 29.2 Å². The number of nitrogen functional groups attached to an aromatic ring is 1. The van der Waals surface area contributed by atoms with Crippen molar-refractivity contribution in [3.8, 4) is 0 Å². The molecule has 0 aromatic carbocycles. The SMILES string of the molecule is Cc1c(N)nsc1N1CCSC(C)(C)C1. The summed E-state index contributed by atoms with van der Waals surface area (Å²) in [4.78, 5) is 2.42. The van der Waals surface area contributed by atoms with E-state index in [2.05, 4.69) is 30.0 Å². The van der Waals surface area contributed by atoms with Crippen molar-refractivity contribution in [3.05, 3.63) is 5.56 Å². The molecule has 5 heteroatoms. The van der Waals surface area contributed by atoms with Crippen molar-refractivity contribution in [2.75, 3.05) is 29.5 Å². The second-order valence-electron chi connectivity index (χ2n) is 4.53. The van der Waals surface area contributed by atoms with E-state index in [4.69, 9.17) is 5.73 Å². The van der Waals surface area contributed by atoms with E-state index in [9.17, 15) is 0 Å². The number of hydrogen-bond donors (Lipinski definition) is 1. The lowest BCUT2D eigenvalue weighted by Crippen LogP contribution is -2.43. The number of aromatic nitrogens is 1. The van der Waals surface area contributed by atoms with E-state index < -0.39 is 0 Å². The maximum atomic E-state index is 5.78. The topological polar surface area (TPSA) is 42.1 Å². The van der Waals surface area contributed by atoms with Gasteiger partial charge in [-0.05, 0) is 32.3 Å². The van der Waals surface area contributed by atoms with Crippen molar-refractivity contribution < 1.29 is 0 Å². The highest BCUT2D eigenvalue weighted by molar-refractivity contribution is 8.00. The Labute approximate surface area is 99.2 Å². The van der Waals surface area contributed by atoms with Crippen LogP contribution >= 0.6 is 23.3 Å². The van der Waals surface area contributed by atoms with Crippen LogP contribution in [0.25, 0.3) is 0 Å². The summed E-state index contributed by atoms with van der Waals surface area (Å²) in [5.74, 6) is 1.87. The average molecular weight is 243 g/mol. The molecule has 0 aliphatic carbocycles. The van der Waals surface area contributed by atoms with E-state index in [-0.39, 0.29) is 0 Å². The second-order valence-corrected chi connectivity index (χ2v) is 7.08. The Kier molecular flexibility index (Phi) is 2.85. The highest BCUT2D eigenvalue weighted by Gasteiger charge is 2.28. The molecule has 1 aromatic heterocycles. The first kappa shape index (κ1) is 11.1. The van der Waals surface area contributed by atoms with Gasteiger partial charge in [-0.25, -0.2) is 0 Å². The van der Waals surface area contributed by atoms with Gasteiger partial charge in [0.1, 0.15) is 10.8 Å². The number of rotatable bonds is 1. The lowest BCUT2D eigenvalue weighted by atomic mass is 10.2. The minimum atomic E-state index is 0.337. The predicted molar refractivity (Wildman–Crippen MR) is 70.0 cm³/mol. The quantitative estimate of drug-likeness (QED) is 0.822.